The van der Waals surface area contributed by atoms with Gasteiger partial charge in [0.1, 0.15) is 18.3 Å². The van der Waals surface area contributed by atoms with Crippen LogP contribution in [-0.2, 0) is 20.8 Å². The fourth-order valence-corrected chi connectivity index (χ4v) is 4.14. The number of nitrogens with one attached hydrogen (secondary N) is 1. The number of aromatic nitrogens is 1. The Labute approximate surface area is 198 Å². The van der Waals surface area contributed by atoms with E-state index in [9.17, 15) is 4.79 Å². The maximum absolute atomic E-state index is 12.2. The molecule has 0 radical (unpaired) electrons. The van der Waals surface area contributed by atoms with E-state index in [1.54, 1.807) is 19.3 Å². The van der Waals surface area contributed by atoms with E-state index in [2.05, 4.69) is 46.4 Å². The predicted octanol–water partition coefficient (Wildman–Crippen LogP) is 4.98. The monoisotopic (exact) mass is 466 g/mol. The third-order valence-corrected chi connectivity index (χ3v) is 5.83. The fourth-order valence-electron chi connectivity index (χ4n) is 3.93. The van der Waals surface area contributed by atoms with Crippen molar-refractivity contribution in [1.82, 2.24) is 4.57 Å². The third kappa shape index (κ3) is 5.59. The van der Waals surface area contributed by atoms with Gasteiger partial charge in [-0.15, -0.1) is 0 Å². The lowest BCUT2D eigenvalue weighted by Crippen LogP contribution is -2.34. The van der Waals surface area contributed by atoms with E-state index in [4.69, 9.17) is 25.8 Å². The first-order valence-corrected chi connectivity index (χ1v) is 11.1. The smallest absolute Gasteiger partial charge is 0.315 e. The van der Waals surface area contributed by atoms with Gasteiger partial charge in [0.15, 0.2) is 0 Å². The Morgan fingerprint density at radius 1 is 1.12 bits per heavy atom. The number of rotatable bonds is 9. The van der Waals surface area contributed by atoms with E-state index in [-0.39, 0.29) is 12.0 Å². The van der Waals surface area contributed by atoms with Crippen LogP contribution in [-0.4, -0.2) is 44.0 Å². The first kappa shape index (κ1) is 23.0. The zero-order chi connectivity index (χ0) is 23.2. The standard InChI is InChI=1S/C26H27ClN2O4/c1-31-12-13-33-22-5-3-4-18(14-22)17-29-11-10-19-15-21(7-9-25(19)29)28-24-8-6-20(27)16-23(24)26(30)32-2/h3-11,14-16,23-24,28H,12-13,17H2,1-2H3. The van der Waals surface area contributed by atoms with Crippen molar-refractivity contribution < 1.29 is 19.0 Å². The number of esters is 1. The van der Waals surface area contributed by atoms with Crippen LogP contribution in [0.25, 0.3) is 10.9 Å². The van der Waals surface area contributed by atoms with Crippen molar-refractivity contribution >= 4 is 34.2 Å². The van der Waals surface area contributed by atoms with E-state index >= 15 is 0 Å². The van der Waals surface area contributed by atoms with Crippen molar-refractivity contribution in [3.63, 3.8) is 0 Å². The molecular formula is C26H27ClN2O4. The molecule has 6 nitrogen and oxygen atoms in total. The summed E-state index contributed by atoms with van der Waals surface area (Å²) in [6, 6.07) is 16.1. The van der Waals surface area contributed by atoms with Crippen molar-refractivity contribution in [3.05, 3.63) is 83.6 Å². The van der Waals surface area contributed by atoms with Crippen LogP contribution in [0.15, 0.2) is 78.0 Å². The van der Waals surface area contributed by atoms with E-state index < -0.39 is 5.92 Å². The average molecular weight is 467 g/mol. The number of hydrogen-bond donors (Lipinski definition) is 1. The maximum atomic E-state index is 12.2. The summed E-state index contributed by atoms with van der Waals surface area (Å²) in [6.45, 7) is 1.82. The minimum atomic E-state index is -0.480. The molecule has 172 valence electrons. The fraction of sp³-hybridized carbons (Fsp3) is 0.269. The van der Waals surface area contributed by atoms with Crippen LogP contribution in [0.5, 0.6) is 5.75 Å². The Bertz CT molecular complexity index is 1180. The van der Waals surface area contributed by atoms with Gasteiger partial charge >= 0.3 is 5.97 Å². The van der Waals surface area contributed by atoms with Crippen LogP contribution < -0.4 is 10.1 Å². The quantitative estimate of drug-likeness (QED) is 0.356. The molecule has 1 aliphatic carbocycles. The van der Waals surface area contributed by atoms with Gasteiger partial charge in [0.05, 0.1) is 19.8 Å². The van der Waals surface area contributed by atoms with Crippen molar-refractivity contribution in [2.75, 3.05) is 32.8 Å². The molecule has 4 rings (SSSR count). The molecule has 1 heterocycles. The molecule has 0 aliphatic heterocycles. The predicted molar refractivity (Wildman–Crippen MR) is 131 cm³/mol. The van der Waals surface area contributed by atoms with E-state index in [1.807, 2.05) is 24.3 Å². The molecule has 2 unspecified atom stereocenters. The highest BCUT2D eigenvalue weighted by Crippen LogP contribution is 2.27. The van der Waals surface area contributed by atoms with Crippen molar-refractivity contribution in [1.29, 1.82) is 0 Å². The molecule has 0 saturated heterocycles. The second-order valence-corrected chi connectivity index (χ2v) is 8.27. The molecule has 0 amide bonds. The number of methoxy groups -OCH3 is 2. The Morgan fingerprint density at radius 2 is 2.00 bits per heavy atom. The van der Waals surface area contributed by atoms with Gasteiger partial charge in [-0.3, -0.25) is 4.79 Å². The molecule has 1 aromatic heterocycles. The van der Waals surface area contributed by atoms with Gasteiger partial charge in [-0.05, 0) is 54.1 Å². The molecule has 0 bridgehead atoms. The molecule has 7 heteroatoms. The number of carbonyl (C=O) groups excluding carboxylic acids is 1. The summed E-state index contributed by atoms with van der Waals surface area (Å²) < 4.78 is 17.9. The second kappa shape index (κ2) is 10.6. The van der Waals surface area contributed by atoms with Gasteiger partial charge in [0, 0.05) is 41.5 Å². The number of nitrogens with zero attached hydrogens (tertiary/aromatic N) is 1. The number of ether oxygens (including phenoxy) is 3. The summed E-state index contributed by atoms with van der Waals surface area (Å²) in [6.07, 6.45) is 7.47. The average Bonchev–Trinajstić information content (AvgIpc) is 3.22. The molecule has 1 aliphatic rings. The summed E-state index contributed by atoms with van der Waals surface area (Å²) in [7, 11) is 3.05. The topological polar surface area (TPSA) is 61.7 Å². The molecular weight excluding hydrogens is 440 g/mol. The van der Waals surface area contributed by atoms with Gasteiger partial charge in [-0.2, -0.15) is 0 Å². The highest BCUT2D eigenvalue weighted by molar-refractivity contribution is 6.31. The van der Waals surface area contributed by atoms with Crippen LogP contribution in [0.4, 0.5) is 5.69 Å². The van der Waals surface area contributed by atoms with Crippen LogP contribution in [0.3, 0.4) is 0 Å². The number of carbonyl (C=O) groups is 1. The number of anilines is 1. The molecule has 3 aromatic rings. The molecule has 2 aromatic carbocycles. The van der Waals surface area contributed by atoms with Crippen molar-refractivity contribution in [2.24, 2.45) is 5.92 Å². The number of allylic oxidation sites excluding steroid dienone is 2. The van der Waals surface area contributed by atoms with E-state index in [0.717, 1.165) is 34.4 Å². The lowest BCUT2D eigenvalue weighted by Gasteiger charge is -2.25. The van der Waals surface area contributed by atoms with Gasteiger partial charge in [-0.1, -0.05) is 29.8 Å². The molecule has 1 N–H and O–H groups in total. The van der Waals surface area contributed by atoms with Crippen LogP contribution >= 0.6 is 11.6 Å². The van der Waals surface area contributed by atoms with E-state index in [0.29, 0.717) is 18.2 Å². The Morgan fingerprint density at radius 3 is 2.82 bits per heavy atom. The zero-order valence-electron chi connectivity index (χ0n) is 18.7. The highest BCUT2D eigenvalue weighted by atomic mass is 35.5. The number of fused-ring (bicyclic) bond motifs is 1. The molecule has 0 saturated carbocycles. The summed E-state index contributed by atoms with van der Waals surface area (Å²) in [5, 5.41) is 5.06. The number of hydrogen-bond acceptors (Lipinski definition) is 5. The second-order valence-electron chi connectivity index (χ2n) is 7.84. The van der Waals surface area contributed by atoms with Gasteiger partial charge < -0.3 is 24.1 Å². The number of halogens is 1. The SMILES string of the molecule is COCCOc1cccc(Cn2ccc3cc(NC4C=CC(Cl)=CC4C(=O)OC)ccc32)c1. The maximum Gasteiger partial charge on any atom is 0.315 e. The first-order valence-electron chi connectivity index (χ1n) is 10.8. The normalized spacial score (nSPS) is 17.6. The third-order valence-electron chi connectivity index (χ3n) is 5.57. The Kier molecular flexibility index (Phi) is 7.37. The summed E-state index contributed by atoms with van der Waals surface area (Å²) in [5.41, 5.74) is 3.20. The molecule has 0 spiro atoms. The first-order chi connectivity index (χ1) is 16.1. The van der Waals surface area contributed by atoms with Crippen LogP contribution in [0.2, 0.25) is 0 Å². The largest absolute Gasteiger partial charge is 0.491 e. The summed E-state index contributed by atoms with van der Waals surface area (Å²) in [4.78, 5) is 12.2. The molecule has 33 heavy (non-hydrogen) atoms. The van der Waals surface area contributed by atoms with E-state index in [1.165, 1.54) is 7.11 Å². The zero-order valence-corrected chi connectivity index (χ0v) is 19.4. The minimum absolute atomic E-state index is 0.236. The van der Waals surface area contributed by atoms with Gasteiger partial charge in [0.25, 0.3) is 0 Å². The molecule has 0 fully saturated rings. The van der Waals surface area contributed by atoms with Gasteiger partial charge in [0.2, 0.25) is 0 Å². The molecule has 2 atom stereocenters. The van der Waals surface area contributed by atoms with Gasteiger partial charge in [-0.25, -0.2) is 0 Å². The lowest BCUT2D eigenvalue weighted by atomic mass is 9.94. The summed E-state index contributed by atoms with van der Waals surface area (Å²) >= 11 is 6.09. The number of benzene rings is 2. The Balaban J connectivity index is 1.48. The summed E-state index contributed by atoms with van der Waals surface area (Å²) in [5.74, 6) is 0.0317. The lowest BCUT2D eigenvalue weighted by molar-refractivity contribution is -0.143. The van der Waals surface area contributed by atoms with Crippen LogP contribution in [0, 0.1) is 5.92 Å². The Hall–Kier alpha value is -3.22. The van der Waals surface area contributed by atoms with Crippen molar-refractivity contribution in [3.8, 4) is 5.75 Å². The minimum Gasteiger partial charge on any atom is -0.491 e. The van der Waals surface area contributed by atoms with Crippen molar-refractivity contribution in [2.45, 2.75) is 12.6 Å². The van der Waals surface area contributed by atoms with Crippen LogP contribution in [0.1, 0.15) is 5.56 Å². The highest BCUT2D eigenvalue weighted by Gasteiger charge is 2.28.